The molecule has 0 aromatic carbocycles. The van der Waals surface area contributed by atoms with E-state index in [0.29, 0.717) is 16.6 Å². The maximum Gasteiger partial charge on any atom is 0.340 e. The summed E-state index contributed by atoms with van der Waals surface area (Å²) >= 11 is 6.15. The van der Waals surface area contributed by atoms with Crippen LogP contribution < -0.4 is 0 Å². The van der Waals surface area contributed by atoms with Crippen LogP contribution in [0.25, 0.3) is 11.0 Å². The van der Waals surface area contributed by atoms with Crippen LogP contribution in [0, 0.1) is 0 Å². The molecular weight excluding hydrogens is 244 g/mol. The smallest absolute Gasteiger partial charge is 0.340 e. The van der Waals surface area contributed by atoms with Crippen LogP contribution in [0.2, 0.25) is 5.02 Å². The second-order valence-electron chi connectivity index (χ2n) is 3.60. The molecule has 0 radical (unpaired) electrons. The van der Waals surface area contributed by atoms with Crippen molar-refractivity contribution in [1.82, 2.24) is 9.55 Å². The van der Waals surface area contributed by atoms with E-state index in [1.165, 1.54) is 13.3 Å². The molecule has 0 amide bonds. The Morgan fingerprint density at radius 1 is 1.65 bits per heavy atom. The number of hydrogen-bond acceptors (Lipinski definition) is 4. The van der Waals surface area contributed by atoms with Gasteiger partial charge in [0, 0.05) is 30.4 Å². The Hall–Kier alpha value is -1.59. The molecular formula is C11H11ClN2O3. The van der Waals surface area contributed by atoms with Gasteiger partial charge >= 0.3 is 5.97 Å². The first-order valence-corrected chi connectivity index (χ1v) is 5.29. The van der Waals surface area contributed by atoms with Gasteiger partial charge in [0.2, 0.25) is 0 Å². The number of aromatic nitrogens is 2. The Bertz CT molecular complexity index is 592. The largest absolute Gasteiger partial charge is 0.465 e. The number of carbonyl (C=O) groups is 1. The van der Waals surface area contributed by atoms with E-state index >= 15 is 0 Å². The third kappa shape index (κ3) is 1.77. The molecule has 2 aromatic heterocycles. The lowest BCUT2D eigenvalue weighted by Crippen LogP contribution is -2.03. The zero-order chi connectivity index (χ0) is 12.6. The van der Waals surface area contributed by atoms with Crippen LogP contribution in [0.15, 0.2) is 12.4 Å². The van der Waals surface area contributed by atoms with Crippen molar-refractivity contribution < 1.29 is 14.6 Å². The number of methoxy groups -OCH3 is 1. The number of pyridine rings is 1. The normalized spacial score (nSPS) is 10.8. The number of aliphatic hydroxyl groups is 1. The van der Waals surface area contributed by atoms with E-state index < -0.39 is 5.97 Å². The Kier molecular flexibility index (Phi) is 3.04. The molecule has 90 valence electrons. The molecule has 0 atom stereocenters. The van der Waals surface area contributed by atoms with Crippen LogP contribution in [0.1, 0.15) is 15.9 Å². The number of nitrogens with zero attached hydrogens (tertiary/aromatic N) is 2. The highest BCUT2D eigenvalue weighted by molar-refractivity contribution is 6.38. The van der Waals surface area contributed by atoms with Crippen LogP contribution in [0.5, 0.6) is 0 Å². The predicted molar refractivity (Wildman–Crippen MR) is 63.0 cm³/mol. The van der Waals surface area contributed by atoms with Crippen molar-refractivity contribution in [2.24, 2.45) is 7.05 Å². The molecule has 1 N–H and O–H groups in total. The van der Waals surface area contributed by atoms with Crippen molar-refractivity contribution in [3.63, 3.8) is 0 Å². The number of carbonyl (C=O) groups excluding carboxylic acids is 1. The summed E-state index contributed by atoms with van der Waals surface area (Å²) in [6.45, 7) is -0.163. The first kappa shape index (κ1) is 11.9. The molecule has 2 aromatic rings. The molecule has 6 heteroatoms. The summed E-state index contributed by atoms with van der Waals surface area (Å²) in [6, 6.07) is 0. The SMILES string of the molecule is COC(=O)c1cnc2c(c(CO)cn2C)c1Cl. The van der Waals surface area contributed by atoms with Crippen molar-refractivity contribution >= 4 is 28.6 Å². The molecule has 2 rings (SSSR count). The monoisotopic (exact) mass is 254 g/mol. The van der Waals surface area contributed by atoms with Crippen molar-refractivity contribution in [2.45, 2.75) is 6.61 Å². The summed E-state index contributed by atoms with van der Waals surface area (Å²) < 4.78 is 6.36. The van der Waals surface area contributed by atoms with Gasteiger partial charge in [-0.1, -0.05) is 11.6 Å². The third-order valence-electron chi connectivity index (χ3n) is 2.58. The van der Waals surface area contributed by atoms with Gasteiger partial charge in [-0.05, 0) is 0 Å². The highest BCUT2D eigenvalue weighted by atomic mass is 35.5. The van der Waals surface area contributed by atoms with Crippen LogP contribution in [0.4, 0.5) is 0 Å². The van der Waals surface area contributed by atoms with Gasteiger partial charge in [-0.15, -0.1) is 0 Å². The summed E-state index contributed by atoms with van der Waals surface area (Å²) in [5.74, 6) is -0.544. The lowest BCUT2D eigenvalue weighted by molar-refractivity contribution is 0.0600. The highest BCUT2D eigenvalue weighted by Gasteiger charge is 2.18. The first-order valence-electron chi connectivity index (χ1n) is 4.91. The highest BCUT2D eigenvalue weighted by Crippen LogP contribution is 2.30. The second kappa shape index (κ2) is 4.35. The molecule has 5 nitrogen and oxygen atoms in total. The number of fused-ring (bicyclic) bond motifs is 1. The number of hydrogen-bond donors (Lipinski definition) is 1. The molecule has 0 unspecified atom stereocenters. The van der Waals surface area contributed by atoms with Crippen molar-refractivity contribution in [1.29, 1.82) is 0 Å². The Morgan fingerprint density at radius 3 is 2.94 bits per heavy atom. The fraction of sp³-hybridized carbons (Fsp3) is 0.273. The fourth-order valence-electron chi connectivity index (χ4n) is 1.76. The molecule has 2 heterocycles. The van der Waals surface area contributed by atoms with E-state index in [1.54, 1.807) is 17.8 Å². The molecule has 17 heavy (non-hydrogen) atoms. The zero-order valence-corrected chi connectivity index (χ0v) is 10.2. The van der Waals surface area contributed by atoms with E-state index in [2.05, 4.69) is 9.72 Å². The van der Waals surface area contributed by atoms with Crippen molar-refractivity contribution in [3.8, 4) is 0 Å². The number of aliphatic hydroxyl groups excluding tert-OH is 1. The molecule has 0 aliphatic carbocycles. The minimum Gasteiger partial charge on any atom is -0.465 e. The average molecular weight is 255 g/mol. The van der Waals surface area contributed by atoms with Gasteiger partial charge in [0.1, 0.15) is 5.65 Å². The minimum atomic E-state index is -0.544. The molecule has 0 aliphatic rings. The van der Waals surface area contributed by atoms with Crippen LogP contribution >= 0.6 is 11.6 Å². The van der Waals surface area contributed by atoms with E-state index in [-0.39, 0.29) is 17.2 Å². The van der Waals surface area contributed by atoms with Gasteiger partial charge in [0.25, 0.3) is 0 Å². The van der Waals surface area contributed by atoms with Gasteiger partial charge in [0.05, 0.1) is 24.3 Å². The summed E-state index contributed by atoms with van der Waals surface area (Å²) in [7, 11) is 3.07. The van der Waals surface area contributed by atoms with Gasteiger partial charge in [-0.3, -0.25) is 0 Å². The minimum absolute atomic E-state index is 0.163. The summed E-state index contributed by atoms with van der Waals surface area (Å²) in [4.78, 5) is 15.6. The van der Waals surface area contributed by atoms with Crippen LogP contribution in [0.3, 0.4) is 0 Å². The molecule has 0 aliphatic heterocycles. The molecule has 0 fully saturated rings. The van der Waals surface area contributed by atoms with Crippen LogP contribution in [-0.4, -0.2) is 27.7 Å². The molecule has 0 saturated heterocycles. The van der Waals surface area contributed by atoms with Crippen molar-refractivity contribution in [2.75, 3.05) is 7.11 Å². The van der Waals surface area contributed by atoms with Gasteiger partial charge < -0.3 is 14.4 Å². The van der Waals surface area contributed by atoms with E-state index in [1.807, 2.05) is 0 Å². The number of aryl methyl sites for hydroxylation is 1. The fourth-order valence-corrected chi connectivity index (χ4v) is 2.10. The zero-order valence-electron chi connectivity index (χ0n) is 9.40. The third-order valence-corrected chi connectivity index (χ3v) is 2.97. The topological polar surface area (TPSA) is 64.3 Å². The molecule has 0 saturated carbocycles. The maximum atomic E-state index is 11.5. The average Bonchev–Trinajstić information content (AvgIpc) is 2.66. The van der Waals surface area contributed by atoms with E-state index in [9.17, 15) is 9.90 Å². The number of esters is 1. The van der Waals surface area contributed by atoms with Crippen molar-refractivity contribution in [3.05, 3.63) is 28.5 Å². The quantitative estimate of drug-likeness (QED) is 0.825. The maximum absolute atomic E-state index is 11.5. The van der Waals surface area contributed by atoms with E-state index in [0.717, 1.165) is 0 Å². The lowest BCUT2D eigenvalue weighted by Gasteiger charge is -2.04. The number of rotatable bonds is 2. The van der Waals surface area contributed by atoms with Crippen LogP contribution in [-0.2, 0) is 18.4 Å². The lowest BCUT2D eigenvalue weighted by atomic mass is 10.2. The first-order chi connectivity index (χ1) is 8.10. The Balaban J connectivity index is 2.78. The summed E-state index contributed by atoms with van der Waals surface area (Å²) in [5, 5.41) is 10.1. The van der Waals surface area contributed by atoms with Gasteiger partial charge in [-0.25, -0.2) is 9.78 Å². The second-order valence-corrected chi connectivity index (χ2v) is 3.98. The molecule has 0 spiro atoms. The summed E-state index contributed by atoms with van der Waals surface area (Å²) in [5.41, 5.74) is 1.44. The van der Waals surface area contributed by atoms with E-state index in [4.69, 9.17) is 11.6 Å². The number of ether oxygens (including phenoxy) is 1. The Labute approximate surface area is 103 Å². The van der Waals surface area contributed by atoms with Gasteiger partial charge in [0.15, 0.2) is 0 Å². The van der Waals surface area contributed by atoms with Gasteiger partial charge in [-0.2, -0.15) is 0 Å². The summed E-state index contributed by atoms with van der Waals surface area (Å²) in [6.07, 6.45) is 3.10. The number of halogens is 1. The predicted octanol–water partition coefficient (Wildman–Crippen LogP) is 1.51. The Morgan fingerprint density at radius 2 is 2.35 bits per heavy atom. The molecule has 0 bridgehead atoms. The standard InChI is InChI=1S/C11H11ClN2O3/c1-14-4-6(5-15)8-9(12)7(11(16)17-2)3-13-10(8)14/h3-4,15H,5H2,1-2H3.